The second kappa shape index (κ2) is 14.5. The first-order valence-electron chi connectivity index (χ1n) is 9.47. The smallest absolute Gasteiger partial charge is 0.0616 e. The van der Waals surface area contributed by atoms with Crippen molar-refractivity contribution in [3.63, 3.8) is 0 Å². The maximum absolute atomic E-state index is 9.79. The molecule has 0 amide bonds. The summed E-state index contributed by atoms with van der Waals surface area (Å²) in [5.74, 6) is 0. The number of aliphatic hydroxyl groups is 3. The van der Waals surface area contributed by atoms with Crippen LogP contribution in [0.3, 0.4) is 0 Å². The molecule has 0 rings (SSSR count). The van der Waals surface area contributed by atoms with E-state index >= 15 is 0 Å². The van der Waals surface area contributed by atoms with E-state index in [4.69, 9.17) is 5.11 Å². The van der Waals surface area contributed by atoms with Crippen molar-refractivity contribution in [3.05, 3.63) is 0 Å². The molecule has 0 aliphatic heterocycles. The van der Waals surface area contributed by atoms with Crippen LogP contribution in [0.4, 0.5) is 0 Å². The molecular formula is C19H40O3. The van der Waals surface area contributed by atoms with Gasteiger partial charge in [-0.1, -0.05) is 70.6 Å². The highest BCUT2D eigenvalue weighted by molar-refractivity contribution is 4.70. The normalized spacial score (nSPS) is 13.5. The van der Waals surface area contributed by atoms with Crippen LogP contribution >= 0.6 is 0 Å². The fourth-order valence-corrected chi connectivity index (χ4v) is 2.94. The number of unbranched alkanes of at least 4 members (excludes halogenated alkanes) is 11. The average Bonchev–Trinajstić information content (AvgIpc) is 2.42. The topological polar surface area (TPSA) is 60.7 Å². The summed E-state index contributed by atoms with van der Waals surface area (Å²) in [5.41, 5.74) is -0.752. The Bertz CT molecular complexity index is 223. The van der Waals surface area contributed by atoms with E-state index in [2.05, 4.69) is 0 Å². The van der Waals surface area contributed by atoms with E-state index in [0.717, 1.165) is 19.3 Å². The molecule has 0 aromatic rings. The van der Waals surface area contributed by atoms with Crippen LogP contribution in [0, 0.1) is 0 Å². The largest absolute Gasteiger partial charge is 0.396 e. The van der Waals surface area contributed by atoms with Gasteiger partial charge < -0.3 is 15.3 Å². The van der Waals surface area contributed by atoms with Gasteiger partial charge >= 0.3 is 0 Å². The lowest BCUT2D eigenvalue weighted by Gasteiger charge is -2.21. The van der Waals surface area contributed by atoms with Crippen molar-refractivity contribution < 1.29 is 15.3 Å². The average molecular weight is 317 g/mol. The monoisotopic (exact) mass is 316 g/mol. The molecular weight excluding hydrogens is 276 g/mol. The molecule has 0 aromatic carbocycles. The molecule has 0 bridgehead atoms. The van der Waals surface area contributed by atoms with Crippen LogP contribution in [0.2, 0.25) is 0 Å². The van der Waals surface area contributed by atoms with Gasteiger partial charge in [0.1, 0.15) is 0 Å². The Kier molecular flexibility index (Phi) is 14.4. The highest BCUT2D eigenvalue weighted by atomic mass is 16.3. The number of aliphatic hydroxyl groups excluding tert-OH is 2. The quantitative estimate of drug-likeness (QED) is 0.365. The SMILES string of the molecule is CC(C)(O)CC(O)CCCCCCCCCCCCCCO. The second-order valence-corrected chi connectivity index (χ2v) is 7.43. The van der Waals surface area contributed by atoms with Crippen molar-refractivity contribution in [1.82, 2.24) is 0 Å². The van der Waals surface area contributed by atoms with Crippen LogP contribution in [0.1, 0.15) is 104 Å². The molecule has 0 radical (unpaired) electrons. The molecule has 0 spiro atoms. The maximum atomic E-state index is 9.79. The Hall–Kier alpha value is -0.120. The lowest BCUT2D eigenvalue weighted by molar-refractivity contribution is 0.0150. The summed E-state index contributed by atoms with van der Waals surface area (Å²) >= 11 is 0. The van der Waals surface area contributed by atoms with E-state index < -0.39 is 5.60 Å². The van der Waals surface area contributed by atoms with Crippen molar-refractivity contribution in [2.45, 2.75) is 115 Å². The minimum Gasteiger partial charge on any atom is -0.396 e. The third kappa shape index (κ3) is 17.9. The maximum Gasteiger partial charge on any atom is 0.0616 e. The number of rotatable bonds is 16. The molecule has 3 N–H and O–H groups in total. The summed E-state index contributed by atoms with van der Waals surface area (Å²) in [7, 11) is 0. The van der Waals surface area contributed by atoms with Crippen LogP contribution in [0.25, 0.3) is 0 Å². The highest BCUT2D eigenvalue weighted by Gasteiger charge is 2.17. The standard InChI is InChI=1S/C19H40O3/c1-19(2,22)17-18(21)15-13-11-9-7-5-3-4-6-8-10-12-14-16-20/h18,20-22H,3-17H2,1-2H3. The zero-order chi connectivity index (χ0) is 16.7. The van der Waals surface area contributed by atoms with Crippen LogP contribution < -0.4 is 0 Å². The highest BCUT2D eigenvalue weighted by Crippen LogP contribution is 2.17. The van der Waals surface area contributed by atoms with E-state index in [1.807, 2.05) is 0 Å². The fraction of sp³-hybridized carbons (Fsp3) is 1.00. The fourth-order valence-electron chi connectivity index (χ4n) is 2.94. The van der Waals surface area contributed by atoms with Gasteiger partial charge in [-0.2, -0.15) is 0 Å². The molecule has 3 nitrogen and oxygen atoms in total. The van der Waals surface area contributed by atoms with E-state index in [0.29, 0.717) is 13.0 Å². The Morgan fingerprint density at radius 1 is 0.682 bits per heavy atom. The summed E-state index contributed by atoms with van der Waals surface area (Å²) in [5, 5.41) is 28.1. The Balaban J connectivity index is 3.14. The van der Waals surface area contributed by atoms with Gasteiger partial charge in [-0.25, -0.2) is 0 Å². The zero-order valence-corrected chi connectivity index (χ0v) is 15.0. The predicted octanol–water partition coefficient (Wildman–Crippen LogP) is 4.57. The molecule has 0 saturated carbocycles. The molecule has 0 aliphatic carbocycles. The molecule has 1 atom stereocenters. The molecule has 22 heavy (non-hydrogen) atoms. The summed E-state index contributed by atoms with van der Waals surface area (Å²) in [6.45, 7) is 3.85. The van der Waals surface area contributed by atoms with Gasteiger partial charge in [-0.3, -0.25) is 0 Å². The van der Waals surface area contributed by atoms with Crippen LogP contribution in [0.15, 0.2) is 0 Å². The van der Waals surface area contributed by atoms with Crippen LogP contribution in [0.5, 0.6) is 0 Å². The first kappa shape index (κ1) is 21.9. The van der Waals surface area contributed by atoms with Crippen LogP contribution in [-0.4, -0.2) is 33.6 Å². The minimum absolute atomic E-state index is 0.342. The van der Waals surface area contributed by atoms with Gasteiger partial charge in [-0.15, -0.1) is 0 Å². The Morgan fingerprint density at radius 3 is 1.41 bits per heavy atom. The van der Waals surface area contributed by atoms with E-state index in [-0.39, 0.29) is 6.10 Å². The molecule has 0 saturated heterocycles. The number of hydrogen-bond acceptors (Lipinski definition) is 3. The lowest BCUT2D eigenvalue weighted by atomic mass is 9.97. The van der Waals surface area contributed by atoms with Crippen molar-refractivity contribution >= 4 is 0 Å². The van der Waals surface area contributed by atoms with Crippen molar-refractivity contribution in [3.8, 4) is 0 Å². The summed E-state index contributed by atoms with van der Waals surface area (Å²) in [6.07, 6.45) is 15.9. The van der Waals surface area contributed by atoms with Crippen molar-refractivity contribution in [1.29, 1.82) is 0 Å². The zero-order valence-electron chi connectivity index (χ0n) is 15.0. The van der Waals surface area contributed by atoms with Crippen LogP contribution in [-0.2, 0) is 0 Å². The summed E-state index contributed by atoms with van der Waals surface area (Å²) in [4.78, 5) is 0. The first-order valence-corrected chi connectivity index (χ1v) is 9.47. The van der Waals surface area contributed by atoms with Gasteiger partial charge in [0.05, 0.1) is 11.7 Å². The first-order chi connectivity index (χ1) is 10.5. The minimum atomic E-state index is -0.752. The van der Waals surface area contributed by atoms with E-state index in [1.54, 1.807) is 13.8 Å². The van der Waals surface area contributed by atoms with Crippen molar-refractivity contribution in [2.24, 2.45) is 0 Å². The molecule has 0 fully saturated rings. The molecule has 1 unspecified atom stereocenters. The summed E-state index contributed by atoms with van der Waals surface area (Å²) in [6, 6.07) is 0. The molecule has 0 heterocycles. The molecule has 0 aromatic heterocycles. The third-order valence-electron chi connectivity index (χ3n) is 4.18. The summed E-state index contributed by atoms with van der Waals surface area (Å²) < 4.78 is 0. The van der Waals surface area contributed by atoms with Gasteiger partial charge in [0.25, 0.3) is 0 Å². The third-order valence-corrected chi connectivity index (χ3v) is 4.18. The number of hydrogen-bond donors (Lipinski definition) is 3. The molecule has 134 valence electrons. The van der Waals surface area contributed by atoms with E-state index in [1.165, 1.54) is 64.2 Å². The lowest BCUT2D eigenvalue weighted by Crippen LogP contribution is -2.26. The second-order valence-electron chi connectivity index (χ2n) is 7.43. The van der Waals surface area contributed by atoms with Crippen molar-refractivity contribution in [2.75, 3.05) is 6.61 Å². The van der Waals surface area contributed by atoms with Gasteiger partial charge in [0.15, 0.2) is 0 Å². The van der Waals surface area contributed by atoms with E-state index in [9.17, 15) is 10.2 Å². The molecule has 3 heteroatoms. The Labute approximate surface area is 138 Å². The van der Waals surface area contributed by atoms with Gasteiger partial charge in [0.2, 0.25) is 0 Å². The Morgan fingerprint density at radius 2 is 1.05 bits per heavy atom. The predicted molar refractivity (Wildman–Crippen MR) is 94.0 cm³/mol. The van der Waals surface area contributed by atoms with Gasteiger partial charge in [-0.05, 0) is 26.7 Å². The van der Waals surface area contributed by atoms with Gasteiger partial charge in [0, 0.05) is 13.0 Å². The molecule has 0 aliphatic rings.